The number of benzene rings is 1. The van der Waals surface area contributed by atoms with Crippen molar-refractivity contribution in [2.45, 2.75) is 63.7 Å². The third kappa shape index (κ3) is 11.1. The Morgan fingerprint density at radius 3 is 2.08 bits per heavy atom. The van der Waals surface area contributed by atoms with Gasteiger partial charge in [0.1, 0.15) is 23.9 Å². The van der Waals surface area contributed by atoms with E-state index in [0.717, 1.165) is 5.56 Å². The molecule has 206 valence electrons. The van der Waals surface area contributed by atoms with E-state index in [2.05, 4.69) is 16.0 Å². The van der Waals surface area contributed by atoms with E-state index in [1.54, 1.807) is 26.0 Å². The first-order valence-electron chi connectivity index (χ1n) is 11.8. The van der Waals surface area contributed by atoms with Gasteiger partial charge in [-0.15, -0.1) is 0 Å². The molecule has 0 bridgehead atoms. The maximum absolute atomic E-state index is 13.2. The van der Waals surface area contributed by atoms with Gasteiger partial charge >= 0.3 is 5.97 Å². The number of carboxylic acid groups (broad SMARTS) is 1. The minimum absolute atomic E-state index is 0.0831. The number of amides is 4. The third-order valence-corrected chi connectivity index (χ3v) is 6.43. The van der Waals surface area contributed by atoms with E-state index in [1.807, 2.05) is 6.26 Å². The Morgan fingerprint density at radius 1 is 0.973 bits per heavy atom. The van der Waals surface area contributed by atoms with Gasteiger partial charge in [0, 0.05) is 0 Å². The van der Waals surface area contributed by atoms with E-state index in [0.29, 0.717) is 12.2 Å². The normalized spacial score (nSPS) is 14.9. The second-order valence-electron chi connectivity index (χ2n) is 8.76. The molecule has 0 aliphatic heterocycles. The van der Waals surface area contributed by atoms with E-state index in [9.17, 15) is 34.2 Å². The van der Waals surface area contributed by atoms with Crippen LogP contribution in [0.1, 0.15) is 38.7 Å². The number of nitrogens with two attached hydrogens (primary N) is 2. The molecule has 0 heterocycles. The first-order valence-corrected chi connectivity index (χ1v) is 13.2. The monoisotopic (exact) mass is 539 g/mol. The first-order chi connectivity index (χ1) is 17.4. The zero-order valence-electron chi connectivity index (χ0n) is 21.2. The van der Waals surface area contributed by atoms with Gasteiger partial charge in [0.2, 0.25) is 23.6 Å². The van der Waals surface area contributed by atoms with Crippen LogP contribution in [-0.2, 0) is 30.4 Å². The molecule has 4 amide bonds. The predicted octanol–water partition coefficient (Wildman–Crippen LogP) is -0.524. The minimum Gasteiger partial charge on any atom is -0.508 e. The molecule has 0 saturated carbocycles. The number of carbonyl (C=O) groups excluding carboxylic acids is 4. The van der Waals surface area contributed by atoms with Crippen molar-refractivity contribution in [1.29, 1.82) is 0 Å². The molecule has 9 N–H and O–H groups in total. The molecule has 37 heavy (non-hydrogen) atoms. The zero-order chi connectivity index (χ0) is 28.1. The van der Waals surface area contributed by atoms with Crippen molar-refractivity contribution in [3.63, 3.8) is 0 Å². The van der Waals surface area contributed by atoms with E-state index >= 15 is 0 Å². The lowest BCUT2D eigenvalue weighted by Gasteiger charge is -2.28. The fourth-order valence-electron chi connectivity index (χ4n) is 3.38. The number of carbonyl (C=O) groups is 5. The van der Waals surface area contributed by atoms with Crippen LogP contribution in [0.3, 0.4) is 0 Å². The molecular weight excluding hydrogens is 502 g/mol. The van der Waals surface area contributed by atoms with E-state index in [1.165, 1.54) is 23.9 Å². The summed E-state index contributed by atoms with van der Waals surface area (Å²) in [4.78, 5) is 61.4. The zero-order valence-corrected chi connectivity index (χ0v) is 22.0. The van der Waals surface area contributed by atoms with Crippen LogP contribution in [0.15, 0.2) is 24.3 Å². The molecule has 0 aliphatic carbocycles. The van der Waals surface area contributed by atoms with E-state index in [-0.39, 0.29) is 24.5 Å². The van der Waals surface area contributed by atoms with E-state index < -0.39 is 60.2 Å². The van der Waals surface area contributed by atoms with Gasteiger partial charge in [0.05, 0.1) is 12.5 Å². The standard InChI is InChI=1S/C24H37N5O7S/c1-4-13(2)20(23(34)28-18(24(35)36)12-19(26)31)29-22(33)17(9-10-37-3)27-21(32)16(25)11-14-5-7-15(30)8-6-14/h5-8,13,16-18,20,30H,4,9-12,25H2,1-3H3,(H2,26,31)(H,27,32)(H,28,34)(H,29,33)(H,35,36). The lowest BCUT2D eigenvalue weighted by atomic mass is 9.97. The number of hydrogen-bond donors (Lipinski definition) is 7. The molecule has 13 heteroatoms. The largest absolute Gasteiger partial charge is 0.508 e. The number of carboxylic acids is 1. The second-order valence-corrected chi connectivity index (χ2v) is 9.75. The molecule has 5 atom stereocenters. The molecule has 0 aromatic heterocycles. The summed E-state index contributed by atoms with van der Waals surface area (Å²) in [5.41, 5.74) is 11.8. The highest BCUT2D eigenvalue weighted by Crippen LogP contribution is 2.12. The quantitative estimate of drug-likeness (QED) is 0.144. The number of rotatable bonds is 16. The SMILES string of the molecule is CCC(C)C(NC(=O)C(CCSC)NC(=O)C(N)Cc1ccc(O)cc1)C(=O)NC(CC(N)=O)C(=O)O. The van der Waals surface area contributed by atoms with Crippen molar-refractivity contribution < 1.29 is 34.2 Å². The molecule has 1 aromatic carbocycles. The Labute approximate surface area is 220 Å². The van der Waals surface area contributed by atoms with Gasteiger partial charge in [0.25, 0.3) is 0 Å². The van der Waals surface area contributed by atoms with Gasteiger partial charge in [-0.3, -0.25) is 19.2 Å². The maximum atomic E-state index is 13.2. The fraction of sp³-hybridized carbons (Fsp3) is 0.542. The average molecular weight is 540 g/mol. The van der Waals surface area contributed by atoms with Crippen LogP contribution in [-0.4, -0.2) is 76.0 Å². The Balaban J connectivity index is 2.97. The Morgan fingerprint density at radius 2 is 1.57 bits per heavy atom. The van der Waals surface area contributed by atoms with Crippen LogP contribution in [0.2, 0.25) is 0 Å². The number of aromatic hydroxyl groups is 1. The van der Waals surface area contributed by atoms with Crippen molar-refractivity contribution in [1.82, 2.24) is 16.0 Å². The van der Waals surface area contributed by atoms with Crippen LogP contribution in [0.5, 0.6) is 5.75 Å². The lowest BCUT2D eigenvalue weighted by molar-refractivity contribution is -0.144. The molecule has 1 aromatic rings. The number of primary amides is 1. The van der Waals surface area contributed by atoms with Gasteiger partial charge in [-0.2, -0.15) is 11.8 Å². The lowest BCUT2D eigenvalue weighted by Crippen LogP contribution is -2.59. The van der Waals surface area contributed by atoms with Gasteiger partial charge in [-0.1, -0.05) is 32.4 Å². The molecule has 0 saturated heterocycles. The molecule has 1 rings (SSSR count). The summed E-state index contributed by atoms with van der Waals surface area (Å²) in [5, 5.41) is 26.2. The number of aliphatic carboxylic acids is 1. The highest BCUT2D eigenvalue weighted by molar-refractivity contribution is 7.98. The topological polar surface area (TPSA) is 214 Å². The highest BCUT2D eigenvalue weighted by Gasteiger charge is 2.33. The van der Waals surface area contributed by atoms with E-state index in [4.69, 9.17) is 11.5 Å². The third-order valence-electron chi connectivity index (χ3n) is 5.79. The van der Waals surface area contributed by atoms with Crippen molar-refractivity contribution in [2.24, 2.45) is 17.4 Å². The Hall–Kier alpha value is -3.32. The van der Waals surface area contributed by atoms with Crippen LogP contribution in [0, 0.1) is 5.92 Å². The van der Waals surface area contributed by atoms with Crippen LogP contribution in [0.4, 0.5) is 0 Å². The van der Waals surface area contributed by atoms with Crippen molar-refractivity contribution in [3.05, 3.63) is 29.8 Å². The number of phenols is 1. The van der Waals surface area contributed by atoms with Crippen LogP contribution in [0.25, 0.3) is 0 Å². The predicted molar refractivity (Wildman–Crippen MR) is 139 cm³/mol. The van der Waals surface area contributed by atoms with Gasteiger partial charge in [-0.05, 0) is 48.5 Å². The molecule has 0 radical (unpaired) electrons. The molecule has 0 spiro atoms. The Bertz CT molecular complexity index is 944. The fourth-order valence-corrected chi connectivity index (χ4v) is 3.85. The Kier molecular flexibility index (Phi) is 13.5. The van der Waals surface area contributed by atoms with Crippen molar-refractivity contribution in [3.8, 4) is 5.75 Å². The number of thioether (sulfide) groups is 1. The highest BCUT2D eigenvalue weighted by atomic mass is 32.2. The molecule has 0 aliphatic rings. The van der Waals surface area contributed by atoms with Crippen molar-refractivity contribution in [2.75, 3.05) is 12.0 Å². The summed E-state index contributed by atoms with van der Waals surface area (Å²) >= 11 is 1.47. The summed E-state index contributed by atoms with van der Waals surface area (Å²) in [6.45, 7) is 3.50. The number of hydrogen-bond acceptors (Lipinski definition) is 8. The van der Waals surface area contributed by atoms with Gasteiger partial charge in [-0.25, -0.2) is 4.79 Å². The van der Waals surface area contributed by atoms with Crippen LogP contribution < -0.4 is 27.4 Å². The number of phenolic OH excluding ortho intramolecular Hbond substituents is 1. The molecular formula is C24H37N5O7S. The maximum Gasteiger partial charge on any atom is 0.326 e. The minimum atomic E-state index is -1.54. The van der Waals surface area contributed by atoms with Crippen LogP contribution >= 0.6 is 11.8 Å². The summed E-state index contributed by atoms with van der Waals surface area (Å²) in [6.07, 6.45) is 2.16. The second kappa shape index (κ2) is 15.7. The summed E-state index contributed by atoms with van der Waals surface area (Å²) in [5.74, 6) is -4.08. The summed E-state index contributed by atoms with van der Waals surface area (Å²) in [7, 11) is 0. The van der Waals surface area contributed by atoms with Crippen molar-refractivity contribution >= 4 is 41.4 Å². The van der Waals surface area contributed by atoms with Gasteiger partial charge < -0.3 is 37.6 Å². The average Bonchev–Trinajstić information content (AvgIpc) is 2.84. The van der Waals surface area contributed by atoms with Gasteiger partial charge in [0.15, 0.2) is 0 Å². The summed E-state index contributed by atoms with van der Waals surface area (Å²) < 4.78 is 0. The smallest absolute Gasteiger partial charge is 0.326 e. The molecule has 5 unspecified atom stereocenters. The molecule has 12 nitrogen and oxygen atoms in total. The molecule has 0 fully saturated rings. The number of nitrogens with one attached hydrogen (secondary N) is 3. The first kappa shape index (κ1) is 31.7. The summed E-state index contributed by atoms with van der Waals surface area (Å²) in [6, 6.07) is 1.61.